The number of halogens is 1. The molecular formula is C11H15FN2O3S. The summed E-state index contributed by atoms with van der Waals surface area (Å²) in [6.07, 6.45) is 1.09. The lowest BCUT2D eigenvalue weighted by Crippen LogP contribution is -2.45. The van der Waals surface area contributed by atoms with Gasteiger partial charge in [-0.1, -0.05) is 6.92 Å². The summed E-state index contributed by atoms with van der Waals surface area (Å²) in [6.45, 7) is 2.13. The van der Waals surface area contributed by atoms with Crippen molar-refractivity contribution >= 4 is 10.0 Å². The van der Waals surface area contributed by atoms with Gasteiger partial charge in [0.05, 0.1) is 6.10 Å². The topological polar surface area (TPSA) is 70.5 Å². The Balaban J connectivity index is 2.30. The lowest BCUT2D eigenvalue weighted by molar-refractivity contribution is 0.0627. The second kappa shape index (κ2) is 4.91. The first-order valence-corrected chi connectivity index (χ1v) is 7.15. The molecule has 0 aliphatic carbocycles. The fourth-order valence-corrected chi connectivity index (χ4v) is 3.53. The van der Waals surface area contributed by atoms with Crippen molar-refractivity contribution in [2.75, 3.05) is 13.1 Å². The van der Waals surface area contributed by atoms with Gasteiger partial charge >= 0.3 is 0 Å². The number of hydrogen-bond acceptors (Lipinski definition) is 4. The zero-order valence-corrected chi connectivity index (χ0v) is 10.8. The summed E-state index contributed by atoms with van der Waals surface area (Å²) in [5.41, 5.74) is 0. The van der Waals surface area contributed by atoms with Gasteiger partial charge in [-0.3, -0.25) is 0 Å². The molecule has 1 fully saturated rings. The maximum atomic E-state index is 13.5. The van der Waals surface area contributed by atoms with Gasteiger partial charge in [-0.25, -0.2) is 17.8 Å². The molecule has 2 atom stereocenters. The molecule has 1 aromatic rings. The zero-order chi connectivity index (χ0) is 13.3. The number of aliphatic hydroxyl groups excluding tert-OH is 1. The molecule has 1 aliphatic heterocycles. The van der Waals surface area contributed by atoms with Gasteiger partial charge in [0.25, 0.3) is 10.0 Å². The van der Waals surface area contributed by atoms with E-state index in [1.807, 2.05) is 0 Å². The highest BCUT2D eigenvalue weighted by molar-refractivity contribution is 7.89. The average molecular weight is 274 g/mol. The fraction of sp³-hybridized carbons (Fsp3) is 0.545. The highest BCUT2D eigenvalue weighted by atomic mass is 32.2. The molecule has 0 amide bonds. The molecule has 0 radical (unpaired) electrons. The summed E-state index contributed by atoms with van der Waals surface area (Å²) in [6, 6.07) is 2.42. The molecule has 2 unspecified atom stereocenters. The molecule has 1 aliphatic rings. The standard InChI is InChI=1S/C11H15FN2O3S/c1-8-7-14(6-4-10(8)15)18(16,17)11-9(12)3-2-5-13-11/h2-3,5,8,10,15H,4,6-7H2,1H3. The smallest absolute Gasteiger partial charge is 0.263 e. The van der Waals surface area contributed by atoms with E-state index in [0.717, 1.165) is 6.07 Å². The predicted molar refractivity (Wildman–Crippen MR) is 62.7 cm³/mol. The Bertz CT molecular complexity index is 535. The second-order valence-corrected chi connectivity index (χ2v) is 6.34. The van der Waals surface area contributed by atoms with E-state index in [9.17, 15) is 17.9 Å². The summed E-state index contributed by atoms with van der Waals surface area (Å²) in [4.78, 5) is 3.60. The molecule has 100 valence electrons. The van der Waals surface area contributed by atoms with Crippen LogP contribution in [0.1, 0.15) is 13.3 Å². The normalized spacial score (nSPS) is 26.2. The molecule has 1 aromatic heterocycles. The van der Waals surface area contributed by atoms with Crippen LogP contribution in [0.4, 0.5) is 4.39 Å². The van der Waals surface area contributed by atoms with E-state index in [1.54, 1.807) is 6.92 Å². The van der Waals surface area contributed by atoms with E-state index in [-0.39, 0.29) is 19.0 Å². The van der Waals surface area contributed by atoms with Gasteiger partial charge in [-0.15, -0.1) is 0 Å². The molecule has 2 heterocycles. The molecule has 1 N–H and O–H groups in total. The summed E-state index contributed by atoms with van der Waals surface area (Å²) in [5.74, 6) is -1.02. The van der Waals surface area contributed by atoms with Crippen LogP contribution in [0.15, 0.2) is 23.4 Å². The van der Waals surface area contributed by atoms with Crippen molar-refractivity contribution in [2.24, 2.45) is 5.92 Å². The first kappa shape index (κ1) is 13.4. The minimum atomic E-state index is -3.91. The number of aromatic nitrogens is 1. The Morgan fingerprint density at radius 1 is 1.56 bits per heavy atom. The highest BCUT2D eigenvalue weighted by Crippen LogP contribution is 2.23. The van der Waals surface area contributed by atoms with Gasteiger partial charge in [0.1, 0.15) is 0 Å². The van der Waals surface area contributed by atoms with Crippen molar-refractivity contribution in [3.05, 3.63) is 24.1 Å². The third-order valence-electron chi connectivity index (χ3n) is 3.13. The predicted octanol–water partition coefficient (Wildman–Crippen LogP) is 0.612. The monoisotopic (exact) mass is 274 g/mol. The first-order chi connectivity index (χ1) is 8.43. The van der Waals surface area contributed by atoms with Crippen LogP contribution in [0.25, 0.3) is 0 Å². The third kappa shape index (κ3) is 2.38. The molecular weight excluding hydrogens is 259 g/mol. The SMILES string of the molecule is CC1CN(S(=O)(=O)c2ncccc2F)CCC1O. The minimum absolute atomic E-state index is 0.166. The van der Waals surface area contributed by atoms with E-state index in [0.29, 0.717) is 6.42 Å². The molecule has 18 heavy (non-hydrogen) atoms. The van der Waals surface area contributed by atoms with Gasteiger partial charge in [0.2, 0.25) is 5.03 Å². The van der Waals surface area contributed by atoms with Crippen LogP contribution in [0, 0.1) is 11.7 Å². The maximum Gasteiger partial charge on any atom is 0.263 e. The molecule has 0 bridgehead atoms. The van der Waals surface area contributed by atoms with E-state index in [1.165, 1.54) is 16.6 Å². The average Bonchev–Trinajstić information content (AvgIpc) is 2.33. The van der Waals surface area contributed by atoms with Crippen molar-refractivity contribution in [2.45, 2.75) is 24.5 Å². The molecule has 7 heteroatoms. The minimum Gasteiger partial charge on any atom is -0.393 e. The van der Waals surface area contributed by atoms with Crippen LogP contribution in [-0.2, 0) is 10.0 Å². The van der Waals surface area contributed by atoms with Crippen molar-refractivity contribution < 1.29 is 17.9 Å². The summed E-state index contributed by atoms with van der Waals surface area (Å²) < 4.78 is 39.1. The van der Waals surface area contributed by atoms with Crippen molar-refractivity contribution in [3.63, 3.8) is 0 Å². The van der Waals surface area contributed by atoms with E-state index in [2.05, 4.69) is 4.98 Å². The van der Waals surface area contributed by atoms with E-state index >= 15 is 0 Å². The molecule has 2 rings (SSSR count). The van der Waals surface area contributed by atoms with Crippen molar-refractivity contribution in [1.82, 2.24) is 9.29 Å². The Morgan fingerprint density at radius 3 is 2.89 bits per heavy atom. The van der Waals surface area contributed by atoms with E-state index in [4.69, 9.17) is 0 Å². The number of sulfonamides is 1. The highest BCUT2D eigenvalue weighted by Gasteiger charge is 2.34. The Kier molecular flexibility index (Phi) is 3.65. The van der Waals surface area contributed by atoms with Crippen molar-refractivity contribution in [3.8, 4) is 0 Å². The number of aliphatic hydroxyl groups is 1. The number of nitrogens with zero attached hydrogens (tertiary/aromatic N) is 2. The Labute approximate surface area is 105 Å². The quantitative estimate of drug-likeness (QED) is 0.858. The Morgan fingerprint density at radius 2 is 2.28 bits per heavy atom. The molecule has 1 saturated heterocycles. The molecule has 0 aromatic carbocycles. The third-order valence-corrected chi connectivity index (χ3v) is 4.93. The summed E-state index contributed by atoms with van der Waals surface area (Å²) >= 11 is 0. The van der Waals surface area contributed by atoms with Gasteiger partial charge in [0.15, 0.2) is 5.82 Å². The second-order valence-electron chi connectivity index (χ2n) is 4.49. The Hall–Kier alpha value is -1.05. The number of hydrogen-bond donors (Lipinski definition) is 1. The number of pyridine rings is 1. The van der Waals surface area contributed by atoms with Gasteiger partial charge < -0.3 is 5.11 Å². The first-order valence-electron chi connectivity index (χ1n) is 5.71. The maximum absolute atomic E-state index is 13.5. The zero-order valence-electron chi connectivity index (χ0n) is 9.95. The van der Waals surface area contributed by atoms with Crippen molar-refractivity contribution in [1.29, 1.82) is 0 Å². The summed E-state index contributed by atoms with van der Waals surface area (Å²) in [7, 11) is -3.91. The van der Waals surface area contributed by atoms with Crippen LogP contribution in [-0.4, -0.2) is 42.0 Å². The van der Waals surface area contributed by atoms with Crippen LogP contribution in [0.5, 0.6) is 0 Å². The van der Waals surface area contributed by atoms with Crippen LogP contribution < -0.4 is 0 Å². The fourth-order valence-electron chi connectivity index (χ4n) is 2.00. The van der Waals surface area contributed by atoms with Crippen LogP contribution >= 0.6 is 0 Å². The number of piperidine rings is 1. The van der Waals surface area contributed by atoms with Gasteiger partial charge in [0, 0.05) is 19.3 Å². The molecule has 0 saturated carbocycles. The lowest BCUT2D eigenvalue weighted by Gasteiger charge is -2.33. The van der Waals surface area contributed by atoms with E-state index < -0.39 is 27.0 Å². The molecule has 5 nitrogen and oxygen atoms in total. The lowest BCUT2D eigenvalue weighted by atomic mass is 9.99. The van der Waals surface area contributed by atoms with Gasteiger partial charge in [-0.05, 0) is 24.5 Å². The number of rotatable bonds is 2. The summed E-state index contributed by atoms with van der Waals surface area (Å²) in [5, 5.41) is 9.03. The largest absolute Gasteiger partial charge is 0.393 e. The van der Waals surface area contributed by atoms with Crippen LogP contribution in [0.3, 0.4) is 0 Å². The van der Waals surface area contributed by atoms with Gasteiger partial charge in [-0.2, -0.15) is 4.31 Å². The van der Waals surface area contributed by atoms with Crippen LogP contribution in [0.2, 0.25) is 0 Å². The molecule has 0 spiro atoms.